The summed E-state index contributed by atoms with van der Waals surface area (Å²) in [6, 6.07) is 8.63. The van der Waals surface area contributed by atoms with Crippen LogP contribution in [0.25, 0.3) is 0 Å². The first kappa shape index (κ1) is 17.7. The number of imide groups is 2. The molecule has 0 spiro atoms. The number of ether oxygens (including phenoxy) is 1. The first-order valence-electron chi connectivity index (χ1n) is 8.12. The van der Waals surface area contributed by atoms with Crippen molar-refractivity contribution >= 4 is 29.5 Å². The second kappa shape index (κ2) is 7.44. The Morgan fingerprint density at radius 1 is 1.12 bits per heavy atom. The van der Waals surface area contributed by atoms with Crippen LogP contribution in [0.15, 0.2) is 35.4 Å². The van der Waals surface area contributed by atoms with Crippen LogP contribution in [0.5, 0.6) is 0 Å². The molecule has 9 heteroatoms. The summed E-state index contributed by atoms with van der Waals surface area (Å²) in [5.41, 5.74) is 1.67. The van der Waals surface area contributed by atoms with Crippen LogP contribution in [0.1, 0.15) is 12.0 Å². The molecule has 2 aliphatic heterocycles. The monoisotopic (exact) mass is 358 g/mol. The Labute approximate surface area is 149 Å². The summed E-state index contributed by atoms with van der Waals surface area (Å²) in [6.07, 6.45) is 0.580. The summed E-state index contributed by atoms with van der Waals surface area (Å²) < 4.78 is 4.82. The molecule has 5 amide bonds. The lowest BCUT2D eigenvalue weighted by atomic mass is 10.1. The molecule has 0 unspecified atom stereocenters. The molecule has 136 valence electrons. The van der Waals surface area contributed by atoms with Crippen LogP contribution in [-0.4, -0.2) is 77.6 Å². The predicted molar refractivity (Wildman–Crippen MR) is 90.0 cm³/mol. The second-order valence-corrected chi connectivity index (χ2v) is 5.80. The number of amides is 5. The molecular weight excluding hydrogens is 340 g/mol. The molecule has 26 heavy (non-hydrogen) atoms. The summed E-state index contributed by atoms with van der Waals surface area (Å²) in [5, 5.41) is 5.50. The Kier molecular flexibility index (Phi) is 5.08. The van der Waals surface area contributed by atoms with E-state index in [4.69, 9.17) is 4.74 Å². The minimum Gasteiger partial charge on any atom is -0.383 e. The van der Waals surface area contributed by atoms with Crippen LogP contribution >= 0.6 is 0 Å². The Hall–Kier alpha value is -3.07. The standard InChI is InChI=1S/C17H18N4O5/c1-26-10-9-19-15(23)16(24)20(17(19)25)11-14(22)21-8-7-13(18-21)12-5-3-2-4-6-12/h2-6H,7-11H2,1H3. The molecule has 0 saturated carbocycles. The van der Waals surface area contributed by atoms with Crippen LogP contribution in [0, 0.1) is 0 Å². The topological polar surface area (TPSA) is 99.6 Å². The minimum atomic E-state index is -1.01. The summed E-state index contributed by atoms with van der Waals surface area (Å²) in [4.78, 5) is 49.9. The van der Waals surface area contributed by atoms with Gasteiger partial charge in [-0.3, -0.25) is 19.3 Å². The molecule has 0 bridgehead atoms. The number of urea groups is 1. The van der Waals surface area contributed by atoms with Crippen LogP contribution in [-0.2, 0) is 19.1 Å². The molecule has 1 aromatic carbocycles. The smallest absolute Gasteiger partial charge is 0.334 e. The Bertz CT molecular complexity index is 777. The van der Waals surface area contributed by atoms with Crippen molar-refractivity contribution in [3.8, 4) is 0 Å². The zero-order chi connectivity index (χ0) is 18.7. The molecule has 2 heterocycles. The number of hydrazone groups is 1. The summed E-state index contributed by atoms with van der Waals surface area (Å²) in [5.74, 6) is -2.47. The maximum atomic E-state index is 12.4. The molecule has 9 nitrogen and oxygen atoms in total. The lowest BCUT2D eigenvalue weighted by Gasteiger charge is -2.17. The lowest BCUT2D eigenvalue weighted by molar-refractivity contribution is -0.145. The molecule has 0 aromatic heterocycles. The van der Waals surface area contributed by atoms with Crippen molar-refractivity contribution < 1.29 is 23.9 Å². The molecule has 0 atom stereocenters. The van der Waals surface area contributed by atoms with Gasteiger partial charge in [-0.15, -0.1) is 0 Å². The molecule has 1 aromatic rings. The number of nitrogens with zero attached hydrogens (tertiary/aromatic N) is 4. The number of carbonyl (C=O) groups excluding carboxylic acids is 4. The van der Waals surface area contributed by atoms with E-state index in [2.05, 4.69) is 5.10 Å². The van der Waals surface area contributed by atoms with E-state index in [1.807, 2.05) is 30.3 Å². The zero-order valence-corrected chi connectivity index (χ0v) is 14.3. The molecule has 2 aliphatic rings. The van der Waals surface area contributed by atoms with Gasteiger partial charge in [0, 0.05) is 13.5 Å². The van der Waals surface area contributed by atoms with Gasteiger partial charge in [-0.05, 0) is 5.56 Å². The van der Waals surface area contributed by atoms with E-state index in [9.17, 15) is 19.2 Å². The number of carbonyl (C=O) groups is 4. The first-order valence-corrected chi connectivity index (χ1v) is 8.12. The van der Waals surface area contributed by atoms with E-state index >= 15 is 0 Å². The van der Waals surface area contributed by atoms with E-state index in [0.717, 1.165) is 16.2 Å². The van der Waals surface area contributed by atoms with Crippen molar-refractivity contribution in [3.05, 3.63) is 35.9 Å². The lowest BCUT2D eigenvalue weighted by Crippen LogP contribution is -2.41. The highest BCUT2D eigenvalue weighted by atomic mass is 16.5. The fraction of sp³-hybridized carbons (Fsp3) is 0.353. The number of hydrogen-bond acceptors (Lipinski definition) is 6. The molecule has 1 saturated heterocycles. The third-order valence-electron chi connectivity index (χ3n) is 4.14. The molecule has 3 rings (SSSR count). The van der Waals surface area contributed by atoms with Crippen molar-refractivity contribution in [2.24, 2.45) is 5.10 Å². The second-order valence-electron chi connectivity index (χ2n) is 5.80. The van der Waals surface area contributed by atoms with E-state index in [-0.39, 0.29) is 13.2 Å². The van der Waals surface area contributed by atoms with Crippen molar-refractivity contribution in [1.29, 1.82) is 0 Å². The number of rotatable bonds is 6. The Morgan fingerprint density at radius 3 is 2.50 bits per heavy atom. The third-order valence-corrected chi connectivity index (χ3v) is 4.14. The SMILES string of the molecule is COCCN1C(=O)C(=O)N(CC(=O)N2CCC(c3ccccc3)=N2)C1=O. The van der Waals surface area contributed by atoms with Crippen molar-refractivity contribution in [2.45, 2.75) is 6.42 Å². The zero-order valence-electron chi connectivity index (χ0n) is 14.3. The number of methoxy groups -OCH3 is 1. The van der Waals surface area contributed by atoms with Gasteiger partial charge in [0.2, 0.25) is 0 Å². The predicted octanol–water partition coefficient (Wildman–Crippen LogP) is 0.0602. The van der Waals surface area contributed by atoms with Crippen molar-refractivity contribution in [3.63, 3.8) is 0 Å². The highest BCUT2D eigenvalue weighted by molar-refractivity contribution is 6.45. The number of benzene rings is 1. The van der Waals surface area contributed by atoms with E-state index in [1.54, 1.807) is 0 Å². The highest BCUT2D eigenvalue weighted by Crippen LogP contribution is 2.16. The molecular formula is C17H18N4O5. The van der Waals surface area contributed by atoms with E-state index in [1.165, 1.54) is 12.1 Å². The van der Waals surface area contributed by atoms with Gasteiger partial charge in [-0.1, -0.05) is 30.3 Å². The maximum Gasteiger partial charge on any atom is 0.334 e. The molecule has 1 fully saturated rings. The fourth-order valence-electron chi connectivity index (χ4n) is 2.76. The fourth-order valence-corrected chi connectivity index (χ4v) is 2.76. The normalized spacial score (nSPS) is 17.3. The largest absolute Gasteiger partial charge is 0.383 e. The molecule has 0 N–H and O–H groups in total. The summed E-state index contributed by atoms with van der Waals surface area (Å²) in [7, 11) is 1.42. The van der Waals surface area contributed by atoms with Gasteiger partial charge in [-0.25, -0.2) is 14.7 Å². The van der Waals surface area contributed by atoms with Gasteiger partial charge in [0.25, 0.3) is 5.91 Å². The van der Waals surface area contributed by atoms with Crippen LogP contribution < -0.4 is 0 Å². The van der Waals surface area contributed by atoms with Crippen molar-refractivity contribution in [2.75, 3.05) is 33.4 Å². The van der Waals surface area contributed by atoms with Crippen molar-refractivity contribution in [1.82, 2.24) is 14.8 Å². The summed E-state index contributed by atoms with van der Waals surface area (Å²) in [6.45, 7) is -0.0763. The van der Waals surface area contributed by atoms with E-state index < -0.39 is 30.3 Å². The van der Waals surface area contributed by atoms with E-state index in [0.29, 0.717) is 17.9 Å². The average Bonchev–Trinajstić information content (AvgIpc) is 3.22. The van der Waals surface area contributed by atoms with Crippen LogP contribution in [0.3, 0.4) is 0 Å². The third kappa shape index (κ3) is 3.33. The highest BCUT2D eigenvalue weighted by Gasteiger charge is 2.45. The first-order chi connectivity index (χ1) is 12.5. The summed E-state index contributed by atoms with van der Waals surface area (Å²) >= 11 is 0. The van der Waals surface area contributed by atoms with Gasteiger partial charge >= 0.3 is 17.8 Å². The quantitative estimate of drug-likeness (QED) is 0.529. The van der Waals surface area contributed by atoms with Gasteiger partial charge in [0.15, 0.2) is 0 Å². The Morgan fingerprint density at radius 2 is 1.81 bits per heavy atom. The number of hydrogen-bond donors (Lipinski definition) is 0. The van der Waals surface area contributed by atoms with Gasteiger partial charge in [-0.2, -0.15) is 5.10 Å². The minimum absolute atomic E-state index is 0.0371. The average molecular weight is 358 g/mol. The van der Waals surface area contributed by atoms with Gasteiger partial charge in [0.05, 0.1) is 25.4 Å². The molecule has 0 radical (unpaired) electrons. The van der Waals surface area contributed by atoms with Crippen LogP contribution in [0.4, 0.5) is 4.79 Å². The van der Waals surface area contributed by atoms with Gasteiger partial charge in [0.1, 0.15) is 6.54 Å². The van der Waals surface area contributed by atoms with Gasteiger partial charge < -0.3 is 4.74 Å². The Balaban J connectivity index is 1.67. The maximum absolute atomic E-state index is 12.4. The molecule has 0 aliphatic carbocycles. The van der Waals surface area contributed by atoms with Crippen LogP contribution in [0.2, 0.25) is 0 Å².